The monoisotopic (exact) mass is 201 g/mol. The first-order chi connectivity index (χ1) is 7.40. The van der Waals surface area contributed by atoms with Gasteiger partial charge in [0.05, 0.1) is 18.6 Å². The number of rotatable bonds is 4. The number of nitrogens with zero attached hydrogens (tertiary/aromatic N) is 2. The van der Waals surface area contributed by atoms with Crippen LogP contribution in [0.1, 0.15) is 12.6 Å². The third-order valence-corrected chi connectivity index (χ3v) is 2.39. The van der Waals surface area contributed by atoms with E-state index in [-0.39, 0.29) is 0 Å². The van der Waals surface area contributed by atoms with Crippen molar-refractivity contribution in [2.75, 3.05) is 5.32 Å². The van der Waals surface area contributed by atoms with Crippen molar-refractivity contribution in [2.24, 2.45) is 0 Å². The summed E-state index contributed by atoms with van der Waals surface area (Å²) in [5.74, 6) is 0. The summed E-state index contributed by atoms with van der Waals surface area (Å²) in [7, 11) is 0. The van der Waals surface area contributed by atoms with Crippen LogP contribution >= 0.6 is 0 Å². The van der Waals surface area contributed by atoms with Crippen molar-refractivity contribution in [3.05, 3.63) is 48.5 Å². The van der Waals surface area contributed by atoms with Crippen LogP contribution in [0.25, 0.3) is 0 Å². The molecule has 0 aliphatic rings. The fourth-order valence-electron chi connectivity index (χ4n) is 1.53. The van der Waals surface area contributed by atoms with Gasteiger partial charge in [-0.1, -0.05) is 18.2 Å². The zero-order valence-electron chi connectivity index (χ0n) is 8.85. The molecule has 1 aromatic carbocycles. The number of anilines is 1. The summed E-state index contributed by atoms with van der Waals surface area (Å²) in [5, 5.41) is 3.36. The summed E-state index contributed by atoms with van der Waals surface area (Å²) < 4.78 is 2.13. The van der Waals surface area contributed by atoms with Gasteiger partial charge in [-0.05, 0) is 19.1 Å². The molecule has 2 aromatic rings. The van der Waals surface area contributed by atoms with E-state index in [0.717, 1.165) is 18.8 Å². The maximum Gasteiger partial charge on any atom is 0.0948 e. The van der Waals surface area contributed by atoms with E-state index in [1.54, 1.807) is 0 Å². The number of benzene rings is 1. The normalized spacial score (nSPS) is 10.2. The minimum atomic E-state index is 0.817. The van der Waals surface area contributed by atoms with Crippen LogP contribution in [0, 0.1) is 0 Å². The summed E-state index contributed by atoms with van der Waals surface area (Å²) in [4.78, 5) is 4.13. The Morgan fingerprint density at radius 2 is 2.07 bits per heavy atom. The van der Waals surface area contributed by atoms with E-state index >= 15 is 0 Å². The van der Waals surface area contributed by atoms with E-state index in [4.69, 9.17) is 0 Å². The molecule has 15 heavy (non-hydrogen) atoms. The molecule has 0 atom stereocenters. The second-order valence-corrected chi connectivity index (χ2v) is 3.39. The number of para-hydroxylation sites is 1. The van der Waals surface area contributed by atoms with Gasteiger partial charge in [0.15, 0.2) is 0 Å². The average Bonchev–Trinajstić information content (AvgIpc) is 2.75. The highest BCUT2D eigenvalue weighted by molar-refractivity contribution is 5.42. The van der Waals surface area contributed by atoms with E-state index in [1.807, 2.05) is 30.7 Å². The van der Waals surface area contributed by atoms with E-state index in [1.165, 1.54) is 5.69 Å². The highest BCUT2D eigenvalue weighted by Crippen LogP contribution is 2.07. The molecule has 1 N–H and O–H groups in total. The van der Waals surface area contributed by atoms with Crippen LogP contribution in [0.15, 0.2) is 42.9 Å². The third-order valence-electron chi connectivity index (χ3n) is 2.39. The molecular weight excluding hydrogens is 186 g/mol. The molecule has 0 fully saturated rings. The summed E-state index contributed by atoms with van der Waals surface area (Å²) in [6.45, 7) is 3.90. The van der Waals surface area contributed by atoms with E-state index in [2.05, 4.69) is 33.9 Å². The lowest BCUT2D eigenvalue weighted by atomic mass is 10.3. The molecule has 1 heterocycles. The Balaban J connectivity index is 1.99. The molecular formula is C12H15N3. The molecule has 2 rings (SSSR count). The van der Waals surface area contributed by atoms with Gasteiger partial charge >= 0.3 is 0 Å². The van der Waals surface area contributed by atoms with Crippen LogP contribution in [0.4, 0.5) is 5.69 Å². The first-order valence-corrected chi connectivity index (χ1v) is 5.18. The van der Waals surface area contributed by atoms with Gasteiger partial charge in [-0.25, -0.2) is 4.98 Å². The van der Waals surface area contributed by atoms with Crippen molar-refractivity contribution in [1.29, 1.82) is 0 Å². The standard InChI is InChI=1S/C12H15N3/c1-2-15-10-13-8-12(15)9-14-11-6-4-3-5-7-11/h3-8,10,14H,2,9H2,1H3. The number of aromatic nitrogens is 2. The van der Waals surface area contributed by atoms with Crippen molar-refractivity contribution in [1.82, 2.24) is 9.55 Å². The van der Waals surface area contributed by atoms with Gasteiger partial charge in [0.1, 0.15) is 0 Å². The van der Waals surface area contributed by atoms with E-state index in [9.17, 15) is 0 Å². The lowest BCUT2D eigenvalue weighted by Crippen LogP contribution is -2.05. The topological polar surface area (TPSA) is 29.9 Å². The Bertz CT molecular complexity index is 406. The van der Waals surface area contributed by atoms with Gasteiger partial charge in [0.25, 0.3) is 0 Å². The second kappa shape index (κ2) is 4.64. The molecule has 0 bridgehead atoms. The molecule has 0 saturated heterocycles. The Labute approximate surface area is 89.8 Å². The van der Waals surface area contributed by atoms with Crippen LogP contribution in [0.5, 0.6) is 0 Å². The molecule has 3 heteroatoms. The van der Waals surface area contributed by atoms with Gasteiger partial charge < -0.3 is 9.88 Å². The van der Waals surface area contributed by atoms with Crippen molar-refractivity contribution < 1.29 is 0 Å². The number of hydrogen-bond donors (Lipinski definition) is 1. The largest absolute Gasteiger partial charge is 0.379 e. The van der Waals surface area contributed by atoms with Crippen molar-refractivity contribution in [3.63, 3.8) is 0 Å². The maximum atomic E-state index is 4.13. The lowest BCUT2D eigenvalue weighted by molar-refractivity contribution is 0.719. The molecule has 0 amide bonds. The Hall–Kier alpha value is -1.77. The molecule has 3 nitrogen and oxygen atoms in total. The molecule has 1 aromatic heterocycles. The van der Waals surface area contributed by atoms with Gasteiger partial charge in [0, 0.05) is 18.4 Å². The molecule has 0 aliphatic carbocycles. The quantitative estimate of drug-likeness (QED) is 0.823. The Kier molecular flexibility index (Phi) is 3.02. The molecule has 78 valence electrons. The maximum absolute atomic E-state index is 4.13. The summed E-state index contributed by atoms with van der Waals surface area (Å²) in [5.41, 5.74) is 2.35. The zero-order valence-corrected chi connectivity index (χ0v) is 8.85. The van der Waals surface area contributed by atoms with E-state index < -0.39 is 0 Å². The summed E-state index contributed by atoms with van der Waals surface area (Å²) in [6, 6.07) is 10.2. The van der Waals surface area contributed by atoms with Gasteiger partial charge in [-0.2, -0.15) is 0 Å². The lowest BCUT2D eigenvalue weighted by Gasteiger charge is -2.07. The second-order valence-electron chi connectivity index (χ2n) is 3.39. The molecule has 0 radical (unpaired) electrons. The van der Waals surface area contributed by atoms with E-state index in [0.29, 0.717) is 0 Å². The first kappa shape index (κ1) is 9.77. The molecule has 0 saturated carbocycles. The Morgan fingerprint density at radius 3 is 2.80 bits per heavy atom. The smallest absolute Gasteiger partial charge is 0.0948 e. The summed E-state index contributed by atoms with van der Waals surface area (Å²) in [6.07, 6.45) is 3.77. The van der Waals surface area contributed by atoms with Crippen molar-refractivity contribution in [3.8, 4) is 0 Å². The van der Waals surface area contributed by atoms with Crippen LogP contribution in [-0.2, 0) is 13.1 Å². The number of imidazole rings is 1. The van der Waals surface area contributed by atoms with Gasteiger partial charge in [0.2, 0.25) is 0 Å². The van der Waals surface area contributed by atoms with Gasteiger partial charge in [-0.15, -0.1) is 0 Å². The number of aryl methyl sites for hydroxylation is 1. The number of nitrogens with one attached hydrogen (secondary N) is 1. The predicted molar refractivity (Wildman–Crippen MR) is 61.7 cm³/mol. The molecule has 0 spiro atoms. The molecule has 0 aliphatic heterocycles. The van der Waals surface area contributed by atoms with Crippen LogP contribution in [0.2, 0.25) is 0 Å². The van der Waals surface area contributed by atoms with Crippen LogP contribution < -0.4 is 5.32 Å². The van der Waals surface area contributed by atoms with Crippen molar-refractivity contribution >= 4 is 5.69 Å². The Morgan fingerprint density at radius 1 is 1.27 bits per heavy atom. The minimum Gasteiger partial charge on any atom is -0.379 e. The summed E-state index contributed by atoms with van der Waals surface area (Å²) >= 11 is 0. The van der Waals surface area contributed by atoms with Crippen LogP contribution in [-0.4, -0.2) is 9.55 Å². The van der Waals surface area contributed by atoms with Crippen LogP contribution in [0.3, 0.4) is 0 Å². The first-order valence-electron chi connectivity index (χ1n) is 5.18. The number of hydrogen-bond acceptors (Lipinski definition) is 2. The third kappa shape index (κ3) is 2.37. The molecule has 0 unspecified atom stereocenters. The van der Waals surface area contributed by atoms with Gasteiger partial charge in [-0.3, -0.25) is 0 Å². The van der Waals surface area contributed by atoms with Crippen molar-refractivity contribution in [2.45, 2.75) is 20.0 Å². The highest BCUT2D eigenvalue weighted by atomic mass is 15.1. The predicted octanol–water partition coefficient (Wildman–Crippen LogP) is 2.52. The SMILES string of the molecule is CCn1cncc1CNc1ccccc1. The minimum absolute atomic E-state index is 0.817. The fourth-order valence-corrected chi connectivity index (χ4v) is 1.53. The highest BCUT2D eigenvalue weighted by Gasteiger charge is 1.99. The average molecular weight is 201 g/mol. The zero-order chi connectivity index (χ0) is 10.5. The fraction of sp³-hybridized carbons (Fsp3) is 0.250.